The van der Waals surface area contributed by atoms with Gasteiger partial charge in [0.15, 0.2) is 5.75 Å². The van der Waals surface area contributed by atoms with E-state index in [0.717, 1.165) is 25.7 Å². The molecule has 138 valence electrons. The van der Waals surface area contributed by atoms with E-state index in [4.69, 9.17) is 16.3 Å². The minimum absolute atomic E-state index is 0.192. The van der Waals surface area contributed by atoms with Gasteiger partial charge in [0.25, 0.3) is 0 Å². The molecule has 2 fully saturated rings. The second kappa shape index (κ2) is 7.16. The smallest absolute Gasteiger partial charge is 0.343 e. The Morgan fingerprint density at radius 1 is 0.926 bits per heavy atom. The molecule has 6 heteroatoms. The zero-order valence-electron chi connectivity index (χ0n) is 14.6. The van der Waals surface area contributed by atoms with Crippen LogP contribution < -0.4 is 9.64 Å². The zero-order valence-corrected chi connectivity index (χ0v) is 15.3. The van der Waals surface area contributed by atoms with Crippen LogP contribution in [0.25, 0.3) is 0 Å². The van der Waals surface area contributed by atoms with Gasteiger partial charge in [-0.05, 0) is 49.2 Å². The normalized spacial score (nSPS) is 21.9. The molecule has 1 aliphatic carbocycles. The highest BCUT2D eigenvalue weighted by Crippen LogP contribution is 2.42. The molecule has 0 spiro atoms. The van der Waals surface area contributed by atoms with E-state index in [1.807, 2.05) is 0 Å². The Morgan fingerprint density at radius 2 is 1.52 bits per heavy atom. The second-order valence-corrected chi connectivity index (χ2v) is 7.31. The first kappa shape index (κ1) is 17.7. The molecule has 1 saturated carbocycles. The molecule has 0 aromatic heterocycles. The van der Waals surface area contributed by atoms with E-state index in [9.17, 15) is 14.4 Å². The molecule has 2 amide bonds. The van der Waals surface area contributed by atoms with Gasteiger partial charge in [-0.3, -0.25) is 9.59 Å². The van der Waals surface area contributed by atoms with Crippen molar-refractivity contribution in [1.29, 1.82) is 0 Å². The molecule has 0 N–H and O–H groups in total. The van der Waals surface area contributed by atoms with E-state index in [2.05, 4.69) is 0 Å². The molecular formula is C21H18ClNO4. The van der Waals surface area contributed by atoms with Gasteiger partial charge >= 0.3 is 5.97 Å². The number of halogens is 1. The van der Waals surface area contributed by atoms with Gasteiger partial charge in [0.1, 0.15) is 0 Å². The highest BCUT2D eigenvalue weighted by molar-refractivity contribution is 6.30. The van der Waals surface area contributed by atoms with Crippen molar-refractivity contribution in [3.63, 3.8) is 0 Å². The quantitative estimate of drug-likeness (QED) is 0.452. The summed E-state index contributed by atoms with van der Waals surface area (Å²) in [6, 6.07) is 13.0. The Bertz CT molecular complexity index is 885. The number of anilines is 1. The SMILES string of the molecule is O=C(Oc1ccccc1N1C(=O)[C@@H]2CCCC[C@H]2C1=O)c1ccc(Cl)cc1. The number of fused-ring (bicyclic) bond motifs is 1. The molecule has 2 aromatic rings. The number of nitrogens with zero attached hydrogens (tertiary/aromatic N) is 1. The molecule has 27 heavy (non-hydrogen) atoms. The number of benzene rings is 2. The van der Waals surface area contributed by atoms with Crippen LogP contribution in [0.15, 0.2) is 48.5 Å². The zero-order chi connectivity index (χ0) is 19.0. The predicted octanol–water partition coefficient (Wildman–Crippen LogP) is 4.24. The van der Waals surface area contributed by atoms with Crippen molar-refractivity contribution < 1.29 is 19.1 Å². The van der Waals surface area contributed by atoms with E-state index in [0.29, 0.717) is 16.3 Å². The summed E-state index contributed by atoms with van der Waals surface area (Å²) in [5, 5.41) is 0.516. The van der Waals surface area contributed by atoms with Crippen molar-refractivity contribution in [2.75, 3.05) is 4.90 Å². The third-order valence-corrected chi connectivity index (χ3v) is 5.48. The molecule has 0 unspecified atom stereocenters. The van der Waals surface area contributed by atoms with Crippen LogP contribution in [-0.2, 0) is 9.59 Å². The van der Waals surface area contributed by atoms with Crippen LogP contribution in [0.3, 0.4) is 0 Å². The lowest BCUT2D eigenvalue weighted by molar-refractivity contribution is -0.122. The molecule has 1 saturated heterocycles. The van der Waals surface area contributed by atoms with Gasteiger partial charge in [0, 0.05) is 5.02 Å². The number of amides is 2. The van der Waals surface area contributed by atoms with Crippen molar-refractivity contribution in [1.82, 2.24) is 0 Å². The first-order chi connectivity index (χ1) is 13.1. The summed E-state index contributed by atoms with van der Waals surface area (Å²) in [6.45, 7) is 0. The Hall–Kier alpha value is -2.66. The first-order valence-corrected chi connectivity index (χ1v) is 9.38. The molecule has 5 nitrogen and oxygen atoms in total. The summed E-state index contributed by atoms with van der Waals surface area (Å²) in [7, 11) is 0. The largest absolute Gasteiger partial charge is 0.421 e. The highest BCUT2D eigenvalue weighted by Gasteiger charge is 2.49. The van der Waals surface area contributed by atoms with E-state index in [1.165, 1.54) is 4.90 Å². The number of hydrogen-bond donors (Lipinski definition) is 0. The third kappa shape index (κ3) is 3.23. The number of rotatable bonds is 3. The van der Waals surface area contributed by atoms with E-state index < -0.39 is 5.97 Å². The van der Waals surface area contributed by atoms with E-state index in [-0.39, 0.29) is 29.4 Å². The summed E-state index contributed by atoms with van der Waals surface area (Å²) < 4.78 is 5.51. The van der Waals surface area contributed by atoms with Crippen molar-refractivity contribution in [3.05, 3.63) is 59.1 Å². The summed E-state index contributed by atoms with van der Waals surface area (Å²) in [6.07, 6.45) is 3.39. The molecule has 1 aliphatic heterocycles. The highest BCUT2D eigenvalue weighted by atomic mass is 35.5. The van der Waals surface area contributed by atoms with Gasteiger partial charge in [-0.2, -0.15) is 0 Å². The average Bonchev–Trinajstić information content (AvgIpc) is 2.94. The van der Waals surface area contributed by atoms with Crippen LogP contribution in [-0.4, -0.2) is 17.8 Å². The number of carbonyl (C=O) groups is 3. The van der Waals surface area contributed by atoms with Crippen molar-refractivity contribution >= 4 is 35.1 Å². The van der Waals surface area contributed by atoms with Crippen molar-refractivity contribution in [2.24, 2.45) is 11.8 Å². The number of para-hydroxylation sites is 2. The predicted molar refractivity (Wildman–Crippen MR) is 101 cm³/mol. The minimum atomic E-state index is -0.573. The summed E-state index contributed by atoms with van der Waals surface area (Å²) in [5.74, 6) is -1.29. The average molecular weight is 384 g/mol. The van der Waals surface area contributed by atoms with Crippen LogP contribution >= 0.6 is 11.6 Å². The number of esters is 1. The van der Waals surface area contributed by atoms with Gasteiger partial charge in [0.05, 0.1) is 23.1 Å². The maximum atomic E-state index is 12.8. The maximum absolute atomic E-state index is 12.8. The van der Waals surface area contributed by atoms with Crippen LogP contribution in [0, 0.1) is 11.8 Å². The van der Waals surface area contributed by atoms with Gasteiger partial charge in [-0.15, -0.1) is 0 Å². The number of hydrogen-bond acceptors (Lipinski definition) is 4. The first-order valence-electron chi connectivity index (χ1n) is 9.01. The van der Waals surface area contributed by atoms with Crippen molar-refractivity contribution in [3.8, 4) is 5.75 Å². The number of ether oxygens (including phenoxy) is 1. The van der Waals surface area contributed by atoms with Crippen LogP contribution in [0.5, 0.6) is 5.75 Å². The Kier molecular flexibility index (Phi) is 4.70. The fourth-order valence-electron chi connectivity index (χ4n) is 3.87. The Morgan fingerprint density at radius 3 is 2.15 bits per heavy atom. The second-order valence-electron chi connectivity index (χ2n) is 6.87. The van der Waals surface area contributed by atoms with Crippen LogP contribution in [0.2, 0.25) is 5.02 Å². The van der Waals surface area contributed by atoms with E-state index >= 15 is 0 Å². The standard InChI is InChI=1S/C21H18ClNO4/c22-14-11-9-13(10-12-14)21(26)27-18-8-4-3-7-17(18)23-19(24)15-5-1-2-6-16(15)20(23)25/h3-4,7-12,15-16H,1-2,5-6H2/t15-,16-/m1/s1. The Labute approximate surface area is 161 Å². The summed E-state index contributed by atoms with van der Waals surface area (Å²) >= 11 is 5.85. The van der Waals surface area contributed by atoms with Crippen molar-refractivity contribution in [2.45, 2.75) is 25.7 Å². The molecule has 4 rings (SSSR count). The number of carbonyl (C=O) groups excluding carboxylic acids is 3. The van der Waals surface area contributed by atoms with Crippen LogP contribution in [0.1, 0.15) is 36.0 Å². The molecule has 2 aromatic carbocycles. The molecular weight excluding hydrogens is 366 g/mol. The Balaban J connectivity index is 1.63. The molecule has 2 atom stereocenters. The van der Waals surface area contributed by atoms with Crippen LogP contribution in [0.4, 0.5) is 5.69 Å². The third-order valence-electron chi connectivity index (χ3n) is 5.23. The molecule has 1 heterocycles. The summed E-state index contributed by atoms with van der Waals surface area (Å²) in [4.78, 5) is 39.3. The maximum Gasteiger partial charge on any atom is 0.343 e. The van der Waals surface area contributed by atoms with E-state index in [1.54, 1.807) is 48.5 Å². The van der Waals surface area contributed by atoms with Gasteiger partial charge < -0.3 is 4.74 Å². The van der Waals surface area contributed by atoms with Gasteiger partial charge in [0.2, 0.25) is 11.8 Å². The van der Waals surface area contributed by atoms with Gasteiger partial charge in [-0.25, -0.2) is 9.69 Å². The molecule has 2 aliphatic rings. The lowest BCUT2D eigenvalue weighted by atomic mass is 9.81. The van der Waals surface area contributed by atoms with Gasteiger partial charge in [-0.1, -0.05) is 36.6 Å². The monoisotopic (exact) mass is 383 g/mol. The number of imide groups is 1. The topological polar surface area (TPSA) is 63.7 Å². The molecule has 0 bridgehead atoms. The fraction of sp³-hybridized carbons (Fsp3) is 0.286. The molecule has 0 radical (unpaired) electrons. The summed E-state index contributed by atoms with van der Waals surface area (Å²) in [5.41, 5.74) is 0.658. The minimum Gasteiger partial charge on any atom is -0.421 e. The fourth-order valence-corrected chi connectivity index (χ4v) is 4.00. The lowest BCUT2D eigenvalue weighted by Crippen LogP contribution is -2.31. The lowest BCUT2D eigenvalue weighted by Gasteiger charge is -2.19.